The molecule has 0 aliphatic carbocycles. The number of allylic oxidation sites excluding steroid dienone is 18. The molecule has 412 valence electrons. The van der Waals surface area contributed by atoms with Crippen molar-refractivity contribution in [1.82, 2.24) is 5.32 Å². The van der Waals surface area contributed by atoms with Crippen LogP contribution < -0.4 is 5.32 Å². The molecule has 1 heterocycles. The summed E-state index contributed by atoms with van der Waals surface area (Å²) in [4.78, 5) is 13.0. The zero-order chi connectivity index (χ0) is 52.2. The molecule has 7 atom stereocenters. The van der Waals surface area contributed by atoms with Gasteiger partial charge in [0, 0.05) is 6.42 Å². The molecule has 1 saturated heterocycles. The third-order valence-corrected chi connectivity index (χ3v) is 13.1. The second kappa shape index (κ2) is 51.3. The first-order valence-electron chi connectivity index (χ1n) is 29.1. The molecule has 9 heteroatoms. The lowest BCUT2D eigenvalue weighted by molar-refractivity contribution is -0.302. The van der Waals surface area contributed by atoms with E-state index in [1.807, 2.05) is 0 Å². The molecule has 9 nitrogen and oxygen atoms in total. The summed E-state index contributed by atoms with van der Waals surface area (Å²) < 4.78 is 11.2. The third kappa shape index (κ3) is 40.3. The van der Waals surface area contributed by atoms with Crippen LogP contribution in [0.15, 0.2) is 109 Å². The summed E-state index contributed by atoms with van der Waals surface area (Å²) in [5.74, 6) is -0.153. The van der Waals surface area contributed by atoms with Crippen LogP contribution in [0.25, 0.3) is 0 Å². The quantitative estimate of drug-likeness (QED) is 0.0261. The van der Waals surface area contributed by atoms with Gasteiger partial charge in [0.15, 0.2) is 6.29 Å². The number of ether oxygens (including phenoxy) is 2. The Labute approximate surface area is 440 Å². The number of unbranched alkanes of at least 4 members (excludes halogenated alkanes) is 20. The highest BCUT2D eigenvalue weighted by atomic mass is 16.7. The fourth-order valence-corrected chi connectivity index (χ4v) is 8.56. The van der Waals surface area contributed by atoms with Crippen molar-refractivity contribution in [1.29, 1.82) is 0 Å². The standard InChI is InChI=1S/C63H107NO8/c1-3-5-7-9-11-13-14-15-16-17-18-19-20-21-22-23-24-25-26-27-28-29-30-31-32-33-34-35-36-37-38-39-40-41-42-43-44-45-47-49-51-53-59(67)64-56(57(66)52-50-48-46-12-10-8-6-4-2)55-71-63-62(70)61(69)60(68)58(54-65)72-63/h5,7,11,13,15-16,18-19,21-22,24-25,27-28,30-31,33-34,56-58,60-63,65-66,68-70H,3-4,6,8-10,12,14,17,20,23,26,29,32,35-55H2,1-2H3,(H,64,67)/b7-5-,13-11-,16-15-,19-18-,22-21-,25-24-,28-27-,31-30-,34-33-. The minimum atomic E-state index is -1.56. The van der Waals surface area contributed by atoms with Crippen molar-refractivity contribution in [3.05, 3.63) is 109 Å². The van der Waals surface area contributed by atoms with Crippen molar-refractivity contribution in [2.75, 3.05) is 13.2 Å². The third-order valence-electron chi connectivity index (χ3n) is 13.1. The molecule has 0 saturated carbocycles. The van der Waals surface area contributed by atoms with Gasteiger partial charge in [-0.2, -0.15) is 0 Å². The molecule has 0 aromatic rings. The van der Waals surface area contributed by atoms with Crippen molar-refractivity contribution >= 4 is 5.91 Å². The molecule has 1 fully saturated rings. The van der Waals surface area contributed by atoms with E-state index >= 15 is 0 Å². The van der Waals surface area contributed by atoms with Gasteiger partial charge in [-0.3, -0.25) is 4.79 Å². The van der Waals surface area contributed by atoms with Crippen LogP contribution in [0.4, 0.5) is 0 Å². The fraction of sp³-hybridized carbons (Fsp3) is 0.698. The average molecular weight is 1010 g/mol. The Hall–Kier alpha value is -3.15. The summed E-state index contributed by atoms with van der Waals surface area (Å²) in [5.41, 5.74) is 0. The van der Waals surface area contributed by atoms with Gasteiger partial charge >= 0.3 is 0 Å². The highest BCUT2D eigenvalue weighted by Crippen LogP contribution is 2.23. The van der Waals surface area contributed by atoms with Crippen LogP contribution in [0, 0.1) is 0 Å². The number of aliphatic hydroxyl groups excluding tert-OH is 5. The van der Waals surface area contributed by atoms with Gasteiger partial charge in [-0.15, -0.1) is 0 Å². The fourth-order valence-electron chi connectivity index (χ4n) is 8.56. The number of carbonyl (C=O) groups is 1. The van der Waals surface area contributed by atoms with Crippen molar-refractivity contribution < 1.29 is 39.8 Å². The molecule has 0 spiro atoms. The van der Waals surface area contributed by atoms with E-state index in [4.69, 9.17) is 9.47 Å². The zero-order valence-electron chi connectivity index (χ0n) is 45.6. The van der Waals surface area contributed by atoms with Crippen molar-refractivity contribution in [2.24, 2.45) is 0 Å². The summed E-state index contributed by atoms with van der Waals surface area (Å²) in [7, 11) is 0. The zero-order valence-corrected chi connectivity index (χ0v) is 45.6. The summed E-state index contributed by atoms with van der Waals surface area (Å²) in [6.45, 7) is 3.67. The molecule has 0 aromatic heterocycles. The number of hydrogen-bond donors (Lipinski definition) is 6. The maximum absolute atomic E-state index is 13.0. The Balaban J connectivity index is 2.05. The number of aliphatic hydroxyl groups is 5. The van der Waals surface area contributed by atoms with Gasteiger partial charge in [-0.1, -0.05) is 245 Å². The van der Waals surface area contributed by atoms with Gasteiger partial charge < -0.3 is 40.3 Å². The monoisotopic (exact) mass is 1010 g/mol. The Morgan fingerprint density at radius 3 is 1.28 bits per heavy atom. The first-order valence-corrected chi connectivity index (χ1v) is 29.1. The van der Waals surface area contributed by atoms with Gasteiger partial charge in [0.25, 0.3) is 0 Å². The van der Waals surface area contributed by atoms with E-state index in [0.29, 0.717) is 12.8 Å². The van der Waals surface area contributed by atoms with E-state index in [1.165, 1.54) is 103 Å². The smallest absolute Gasteiger partial charge is 0.220 e. The van der Waals surface area contributed by atoms with Crippen molar-refractivity contribution in [2.45, 2.75) is 269 Å². The Bertz CT molecular complexity index is 1490. The molecule has 0 radical (unpaired) electrons. The molecule has 72 heavy (non-hydrogen) atoms. The minimum absolute atomic E-state index is 0.143. The summed E-state index contributed by atoms with van der Waals surface area (Å²) in [6, 6.07) is -0.722. The van der Waals surface area contributed by atoms with Crippen LogP contribution in [-0.4, -0.2) is 87.5 Å². The Morgan fingerprint density at radius 2 is 0.861 bits per heavy atom. The molecule has 1 amide bonds. The van der Waals surface area contributed by atoms with E-state index in [-0.39, 0.29) is 12.5 Å². The van der Waals surface area contributed by atoms with Crippen molar-refractivity contribution in [3.8, 4) is 0 Å². The highest BCUT2D eigenvalue weighted by molar-refractivity contribution is 5.76. The number of nitrogens with one attached hydrogen (secondary N) is 1. The number of hydrogen-bond acceptors (Lipinski definition) is 8. The molecule has 0 aromatic carbocycles. The Morgan fingerprint density at radius 1 is 0.486 bits per heavy atom. The average Bonchev–Trinajstić information content (AvgIpc) is 3.38. The van der Waals surface area contributed by atoms with Gasteiger partial charge in [0.2, 0.25) is 5.91 Å². The van der Waals surface area contributed by atoms with Crippen LogP contribution in [0.3, 0.4) is 0 Å². The first-order chi connectivity index (χ1) is 35.3. The maximum atomic E-state index is 13.0. The van der Waals surface area contributed by atoms with Gasteiger partial charge in [-0.25, -0.2) is 0 Å². The summed E-state index contributed by atoms with van der Waals surface area (Å²) >= 11 is 0. The van der Waals surface area contributed by atoms with Gasteiger partial charge in [0.1, 0.15) is 24.4 Å². The number of amides is 1. The SMILES string of the molecule is CC/C=C\C/C=C\C/C=C\C/C=C\C/C=C\C/C=C\C/C=C\C/C=C\C/C=C\CCCCCCCCCCCCCCCC(=O)NC(COC1OC(CO)C(O)C(O)C1O)C(O)CCCCCCCCCC. The molecule has 0 bridgehead atoms. The lowest BCUT2D eigenvalue weighted by atomic mass is 9.99. The molecule has 1 aliphatic rings. The van der Waals surface area contributed by atoms with Crippen LogP contribution in [0.2, 0.25) is 0 Å². The molecule has 6 N–H and O–H groups in total. The predicted octanol–water partition coefficient (Wildman–Crippen LogP) is 14.6. The van der Waals surface area contributed by atoms with E-state index in [1.54, 1.807) is 0 Å². The maximum Gasteiger partial charge on any atom is 0.220 e. The van der Waals surface area contributed by atoms with Crippen LogP contribution in [0.5, 0.6) is 0 Å². The highest BCUT2D eigenvalue weighted by Gasteiger charge is 2.44. The predicted molar refractivity (Wildman–Crippen MR) is 304 cm³/mol. The minimum Gasteiger partial charge on any atom is -0.394 e. The van der Waals surface area contributed by atoms with Gasteiger partial charge in [-0.05, 0) is 83.5 Å². The lowest BCUT2D eigenvalue weighted by Crippen LogP contribution is -2.60. The second-order valence-corrected chi connectivity index (χ2v) is 19.7. The van der Waals surface area contributed by atoms with E-state index in [9.17, 15) is 30.3 Å². The summed E-state index contributed by atoms with van der Waals surface area (Å²) in [6.07, 6.45) is 68.7. The molecular formula is C63H107NO8. The van der Waals surface area contributed by atoms with Crippen LogP contribution in [0.1, 0.15) is 226 Å². The largest absolute Gasteiger partial charge is 0.394 e. The molecule has 1 aliphatic heterocycles. The number of carbonyl (C=O) groups excluding carboxylic acids is 1. The van der Waals surface area contributed by atoms with E-state index < -0.39 is 49.5 Å². The van der Waals surface area contributed by atoms with Gasteiger partial charge in [0.05, 0.1) is 25.4 Å². The molecular weight excluding hydrogens is 899 g/mol. The first kappa shape index (κ1) is 66.9. The van der Waals surface area contributed by atoms with Crippen molar-refractivity contribution in [3.63, 3.8) is 0 Å². The van der Waals surface area contributed by atoms with Crippen LogP contribution in [-0.2, 0) is 14.3 Å². The van der Waals surface area contributed by atoms with E-state index in [2.05, 4.69) is 129 Å². The van der Waals surface area contributed by atoms with Crippen LogP contribution >= 0.6 is 0 Å². The second-order valence-electron chi connectivity index (χ2n) is 19.7. The lowest BCUT2D eigenvalue weighted by Gasteiger charge is -2.40. The molecule has 1 rings (SSSR count). The topological polar surface area (TPSA) is 149 Å². The number of rotatable bonds is 48. The Kier molecular flexibility index (Phi) is 47.7. The van der Waals surface area contributed by atoms with E-state index in [0.717, 1.165) is 96.3 Å². The molecule has 7 unspecified atom stereocenters. The normalized spacial score (nSPS) is 20.0. The summed E-state index contributed by atoms with van der Waals surface area (Å²) in [5, 5.41) is 54.3.